The zero-order valence-electron chi connectivity index (χ0n) is 23.2. The summed E-state index contributed by atoms with van der Waals surface area (Å²) in [7, 11) is -0.577. The quantitative estimate of drug-likeness (QED) is 0.415. The standard InChI is InChI=1S/C28H43BN2O6/c1-16(2)12-23(29-36-22-14-19-13-21(27(19,5)6)28(22,7)37-29)30-26(34)25(18(4)32)31-24(33)15-35-20-10-8-17(3)9-11-20/h8-11,16,18-19,21-23,25,32H,12-15H2,1-7H3,(H,30,34)(H,31,33)/t18-,19-,21-,22-,23+,25+,28+/m1/s1. The fourth-order valence-corrected chi connectivity index (χ4v) is 6.49. The van der Waals surface area contributed by atoms with Crippen molar-refractivity contribution in [2.75, 3.05) is 6.61 Å². The number of nitrogens with one attached hydrogen (secondary N) is 2. The second kappa shape index (κ2) is 10.6. The number of hydrogen-bond donors (Lipinski definition) is 3. The zero-order valence-corrected chi connectivity index (χ0v) is 23.2. The summed E-state index contributed by atoms with van der Waals surface area (Å²) in [6, 6.07) is 6.21. The molecule has 0 spiro atoms. The average Bonchev–Trinajstić information content (AvgIpc) is 3.18. The SMILES string of the molecule is Cc1ccc(OCC(=O)N[C@H](C(=O)N[C@@H](CC(C)C)B2O[C@@H]3C[C@H]4C[C@H](C4(C)C)[C@]3(C)O2)[C@@H](C)O)cc1. The van der Waals surface area contributed by atoms with Crippen LogP contribution in [0.5, 0.6) is 5.75 Å². The van der Waals surface area contributed by atoms with Gasteiger partial charge in [-0.15, -0.1) is 0 Å². The molecule has 0 unspecified atom stereocenters. The van der Waals surface area contributed by atoms with E-state index in [2.05, 4.69) is 45.3 Å². The Morgan fingerprint density at radius 2 is 1.81 bits per heavy atom. The molecule has 1 aliphatic heterocycles. The summed E-state index contributed by atoms with van der Waals surface area (Å²) in [5, 5.41) is 16.0. The summed E-state index contributed by atoms with van der Waals surface area (Å²) in [4.78, 5) is 25.9. The lowest BCUT2D eigenvalue weighted by molar-refractivity contribution is -0.199. The molecule has 3 saturated carbocycles. The second-order valence-electron chi connectivity index (χ2n) is 12.5. The van der Waals surface area contributed by atoms with Crippen molar-refractivity contribution < 1.29 is 28.7 Å². The Hall–Kier alpha value is -2.10. The molecule has 3 aliphatic carbocycles. The molecule has 5 rings (SSSR count). The molecule has 2 amide bonds. The van der Waals surface area contributed by atoms with Crippen LogP contribution in [0, 0.1) is 30.1 Å². The molecule has 4 aliphatic rings. The normalized spacial score (nSPS) is 30.1. The van der Waals surface area contributed by atoms with Crippen molar-refractivity contribution in [2.24, 2.45) is 23.2 Å². The fourth-order valence-electron chi connectivity index (χ4n) is 6.49. The van der Waals surface area contributed by atoms with Gasteiger partial charge in [0.25, 0.3) is 5.91 Å². The number of ether oxygens (including phenoxy) is 1. The van der Waals surface area contributed by atoms with Gasteiger partial charge in [-0.3, -0.25) is 9.59 Å². The van der Waals surface area contributed by atoms with Crippen molar-refractivity contribution >= 4 is 18.9 Å². The molecule has 2 bridgehead atoms. The number of aliphatic hydroxyl groups is 1. The summed E-state index contributed by atoms with van der Waals surface area (Å²) in [5.41, 5.74) is 0.930. The molecule has 9 heteroatoms. The van der Waals surface area contributed by atoms with Crippen LogP contribution in [0.2, 0.25) is 0 Å². The van der Waals surface area contributed by atoms with E-state index in [1.807, 2.05) is 19.1 Å². The monoisotopic (exact) mass is 514 g/mol. The Bertz CT molecular complexity index is 983. The molecular weight excluding hydrogens is 471 g/mol. The molecular formula is C28H43BN2O6. The van der Waals surface area contributed by atoms with Gasteiger partial charge in [0.05, 0.1) is 23.8 Å². The van der Waals surface area contributed by atoms with Crippen LogP contribution in [0.4, 0.5) is 0 Å². The van der Waals surface area contributed by atoms with Gasteiger partial charge in [-0.1, -0.05) is 45.4 Å². The summed E-state index contributed by atoms with van der Waals surface area (Å²) >= 11 is 0. The predicted octanol–water partition coefficient (Wildman–Crippen LogP) is 3.04. The molecule has 204 valence electrons. The van der Waals surface area contributed by atoms with E-state index in [-0.39, 0.29) is 29.6 Å². The molecule has 1 aromatic rings. The van der Waals surface area contributed by atoms with Crippen LogP contribution >= 0.6 is 0 Å². The Labute approximate surface area is 221 Å². The van der Waals surface area contributed by atoms with E-state index in [1.165, 1.54) is 6.92 Å². The predicted molar refractivity (Wildman–Crippen MR) is 142 cm³/mol. The number of hydrogen-bond acceptors (Lipinski definition) is 6. The largest absolute Gasteiger partial charge is 0.484 e. The van der Waals surface area contributed by atoms with Crippen molar-refractivity contribution in [3.63, 3.8) is 0 Å². The van der Waals surface area contributed by atoms with Crippen LogP contribution in [-0.2, 0) is 18.9 Å². The first-order valence-corrected chi connectivity index (χ1v) is 13.6. The summed E-state index contributed by atoms with van der Waals surface area (Å²) < 4.78 is 18.6. The Kier molecular flexibility index (Phi) is 7.99. The van der Waals surface area contributed by atoms with Gasteiger partial charge in [0, 0.05) is 0 Å². The fraction of sp³-hybridized carbons (Fsp3) is 0.714. The highest BCUT2D eigenvalue weighted by molar-refractivity contribution is 6.48. The number of aryl methyl sites for hydroxylation is 1. The molecule has 1 aromatic carbocycles. The van der Waals surface area contributed by atoms with Crippen molar-refractivity contribution in [1.29, 1.82) is 0 Å². The third-order valence-corrected chi connectivity index (χ3v) is 8.82. The number of aliphatic hydroxyl groups excluding tert-OH is 1. The van der Waals surface area contributed by atoms with Crippen molar-refractivity contribution in [1.82, 2.24) is 10.6 Å². The Morgan fingerprint density at radius 1 is 1.14 bits per heavy atom. The third kappa shape index (κ3) is 5.69. The molecule has 3 N–H and O–H groups in total. The Balaban J connectivity index is 1.39. The molecule has 4 fully saturated rings. The molecule has 1 saturated heterocycles. The lowest BCUT2D eigenvalue weighted by Crippen LogP contribution is -2.65. The van der Waals surface area contributed by atoms with E-state index in [1.54, 1.807) is 12.1 Å². The molecule has 0 aromatic heterocycles. The second-order valence-corrected chi connectivity index (χ2v) is 12.5. The first kappa shape index (κ1) is 27.9. The van der Waals surface area contributed by atoms with Crippen molar-refractivity contribution in [3.05, 3.63) is 29.8 Å². The van der Waals surface area contributed by atoms with Crippen LogP contribution in [-0.4, -0.2) is 60.4 Å². The van der Waals surface area contributed by atoms with Crippen LogP contribution in [0.1, 0.15) is 66.4 Å². The topological polar surface area (TPSA) is 106 Å². The van der Waals surface area contributed by atoms with E-state index in [9.17, 15) is 14.7 Å². The highest BCUT2D eigenvalue weighted by atomic mass is 16.7. The van der Waals surface area contributed by atoms with Gasteiger partial charge in [0.1, 0.15) is 11.8 Å². The number of carbonyl (C=O) groups excluding carboxylic acids is 2. The van der Waals surface area contributed by atoms with E-state index in [0.717, 1.165) is 18.4 Å². The maximum atomic E-state index is 13.3. The molecule has 8 nitrogen and oxygen atoms in total. The Morgan fingerprint density at radius 3 is 2.41 bits per heavy atom. The minimum Gasteiger partial charge on any atom is -0.484 e. The van der Waals surface area contributed by atoms with Crippen LogP contribution in [0.3, 0.4) is 0 Å². The van der Waals surface area contributed by atoms with Crippen LogP contribution in [0.25, 0.3) is 0 Å². The third-order valence-electron chi connectivity index (χ3n) is 8.82. The van der Waals surface area contributed by atoms with E-state index in [0.29, 0.717) is 24.0 Å². The van der Waals surface area contributed by atoms with Gasteiger partial charge in [-0.25, -0.2) is 0 Å². The lowest BCUT2D eigenvalue weighted by atomic mass is 9.43. The van der Waals surface area contributed by atoms with E-state index >= 15 is 0 Å². The molecule has 0 radical (unpaired) electrons. The van der Waals surface area contributed by atoms with Gasteiger partial charge in [-0.05, 0) is 75.3 Å². The lowest BCUT2D eigenvalue weighted by Gasteiger charge is -2.64. The van der Waals surface area contributed by atoms with Gasteiger partial charge in [0.15, 0.2) is 6.61 Å². The zero-order chi connectivity index (χ0) is 27.1. The first-order chi connectivity index (χ1) is 17.3. The van der Waals surface area contributed by atoms with Gasteiger partial charge in [0.2, 0.25) is 5.91 Å². The highest BCUT2D eigenvalue weighted by Gasteiger charge is 2.68. The number of rotatable bonds is 10. The smallest absolute Gasteiger partial charge is 0.481 e. The number of benzene rings is 1. The number of carbonyl (C=O) groups is 2. The van der Waals surface area contributed by atoms with Crippen LogP contribution in [0.15, 0.2) is 24.3 Å². The van der Waals surface area contributed by atoms with Crippen molar-refractivity contribution in [2.45, 2.75) is 97.5 Å². The van der Waals surface area contributed by atoms with E-state index < -0.39 is 37.0 Å². The molecule has 7 atom stereocenters. The molecule has 1 heterocycles. The summed E-state index contributed by atoms with van der Waals surface area (Å²) in [6.07, 6.45) is 1.67. The van der Waals surface area contributed by atoms with Crippen molar-refractivity contribution in [3.8, 4) is 5.75 Å². The van der Waals surface area contributed by atoms with Gasteiger partial charge < -0.3 is 29.8 Å². The highest BCUT2D eigenvalue weighted by Crippen LogP contribution is 2.65. The van der Waals surface area contributed by atoms with Gasteiger partial charge >= 0.3 is 7.12 Å². The van der Waals surface area contributed by atoms with E-state index in [4.69, 9.17) is 14.0 Å². The summed E-state index contributed by atoms with van der Waals surface area (Å²) in [5.74, 6) is 0.521. The number of amides is 2. The minimum absolute atomic E-state index is 0.00651. The average molecular weight is 514 g/mol. The van der Waals surface area contributed by atoms with Crippen LogP contribution < -0.4 is 15.4 Å². The van der Waals surface area contributed by atoms with Gasteiger partial charge in [-0.2, -0.15) is 0 Å². The summed E-state index contributed by atoms with van der Waals surface area (Å²) in [6.45, 7) is 14.1. The maximum absolute atomic E-state index is 13.3. The first-order valence-electron chi connectivity index (χ1n) is 13.6. The maximum Gasteiger partial charge on any atom is 0.481 e. The minimum atomic E-state index is -1.13. The molecule has 37 heavy (non-hydrogen) atoms.